The lowest BCUT2D eigenvalue weighted by Crippen LogP contribution is -2.27. The highest BCUT2D eigenvalue weighted by atomic mass is 32.1. The Morgan fingerprint density at radius 3 is 2.39 bits per heavy atom. The number of hydrogen-bond donors (Lipinski definition) is 3. The molecule has 0 bridgehead atoms. The number of hydrogen-bond acceptors (Lipinski definition) is 4. The van der Waals surface area contributed by atoms with Crippen LogP contribution in [0.5, 0.6) is 0 Å². The zero-order valence-electron chi connectivity index (χ0n) is 12.6. The first-order valence-corrected chi connectivity index (χ1v) is 7.92. The lowest BCUT2D eigenvalue weighted by atomic mass is 10.2. The zero-order valence-corrected chi connectivity index (χ0v) is 13.4. The van der Waals surface area contributed by atoms with Crippen molar-refractivity contribution in [1.29, 1.82) is 0 Å². The molecular weight excluding hydrogens is 314 g/mol. The van der Waals surface area contributed by atoms with Gasteiger partial charge in [-0.15, -0.1) is 11.3 Å². The predicted octanol–water partition coefficient (Wildman–Crippen LogP) is 1.87. The van der Waals surface area contributed by atoms with Gasteiger partial charge in [-0.1, -0.05) is 6.07 Å². The fourth-order valence-corrected chi connectivity index (χ4v) is 2.50. The minimum atomic E-state index is -0.204. The molecule has 0 aliphatic carbocycles. The SMILES string of the molecule is CNC(=O)c1ccc(NC(=O)CCNC(=O)c2cccs2)cc1. The van der Waals surface area contributed by atoms with Gasteiger partial charge < -0.3 is 16.0 Å². The Hall–Kier alpha value is -2.67. The third-order valence-corrected chi connectivity index (χ3v) is 3.91. The molecule has 3 N–H and O–H groups in total. The van der Waals surface area contributed by atoms with E-state index in [1.807, 2.05) is 5.38 Å². The van der Waals surface area contributed by atoms with Gasteiger partial charge in [0.25, 0.3) is 11.8 Å². The van der Waals surface area contributed by atoms with Gasteiger partial charge in [-0.3, -0.25) is 14.4 Å². The van der Waals surface area contributed by atoms with Crippen LogP contribution in [0.15, 0.2) is 41.8 Å². The van der Waals surface area contributed by atoms with E-state index < -0.39 is 0 Å². The van der Waals surface area contributed by atoms with Crippen molar-refractivity contribution in [2.75, 3.05) is 18.9 Å². The Labute approximate surface area is 137 Å². The Bertz CT molecular complexity index is 681. The quantitative estimate of drug-likeness (QED) is 0.755. The molecule has 6 nitrogen and oxygen atoms in total. The molecule has 7 heteroatoms. The van der Waals surface area contributed by atoms with Crippen molar-refractivity contribution in [2.45, 2.75) is 6.42 Å². The summed E-state index contributed by atoms with van der Waals surface area (Å²) < 4.78 is 0. The summed E-state index contributed by atoms with van der Waals surface area (Å²) in [6, 6.07) is 10.1. The third-order valence-electron chi connectivity index (χ3n) is 3.04. The first kappa shape index (κ1) is 16.7. The van der Waals surface area contributed by atoms with Gasteiger partial charge >= 0.3 is 0 Å². The van der Waals surface area contributed by atoms with Gasteiger partial charge in [0, 0.05) is 31.3 Å². The number of rotatable bonds is 6. The maximum absolute atomic E-state index is 11.8. The fraction of sp³-hybridized carbons (Fsp3) is 0.188. The molecule has 0 atom stereocenters. The molecule has 1 heterocycles. The van der Waals surface area contributed by atoms with Crippen molar-refractivity contribution in [2.24, 2.45) is 0 Å². The summed E-state index contributed by atoms with van der Waals surface area (Å²) in [6.45, 7) is 0.263. The van der Waals surface area contributed by atoms with Crippen molar-refractivity contribution >= 4 is 34.7 Å². The van der Waals surface area contributed by atoms with Crippen LogP contribution in [0.2, 0.25) is 0 Å². The zero-order chi connectivity index (χ0) is 16.7. The fourth-order valence-electron chi connectivity index (χ4n) is 1.86. The van der Waals surface area contributed by atoms with Gasteiger partial charge in [-0.05, 0) is 35.7 Å². The average Bonchev–Trinajstić information content (AvgIpc) is 3.09. The third kappa shape index (κ3) is 4.93. The Kier molecular flexibility index (Phi) is 5.87. The Morgan fingerprint density at radius 1 is 1.04 bits per heavy atom. The van der Waals surface area contributed by atoms with Crippen molar-refractivity contribution in [3.05, 3.63) is 52.2 Å². The maximum atomic E-state index is 11.8. The number of anilines is 1. The molecule has 0 aliphatic rings. The number of amides is 3. The highest BCUT2D eigenvalue weighted by molar-refractivity contribution is 7.12. The van der Waals surface area contributed by atoms with Crippen LogP contribution >= 0.6 is 11.3 Å². The van der Waals surface area contributed by atoms with Crippen LogP contribution in [0.1, 0.15) is 26.5 Å². The first-order chi connectivity index (χ1) is 11.1. The van der Waals surface area contributed by atoms with Crippen molar-refractivity contribution in [3.8, 4) is 0 Å². The molecular formula is C16H17N3O3S. The predicted molar refractivity (Wildman–Crippen MR) is 89.7 cm³/mol. The number of carbonyl (C=O) groups excluding carboxylic acids is 3. The lowest BCUT2D eigenvalue weighted by molar-refractivity contribution is -0.116. The normalized spacial score (nSPS) is 9.96. The summed E-state index contributed by atoms with van der Waals surface area (Å²) in [4.78, 5) is 35.6. The first-order valence-electron chi connectivity index (χ1n) is 7.04. The van der Waals surface area contributed by atoms with Crippen LogP contribution in [0.25, 0.3) is 0 Å². The Balaban J connectivity index is 1.76. The largest absolute Gasteiger partial charge is 0.355 e. The van der Waals surface area contributed by atoms with E-state index in [0.29, 0.717) is 16.1 Å². The highest BCUT2D eigenvalue weighted by Crippen LogP contribution is 2.10. The Morgan fingerprint density at radius 2 is 1.78 bits per heavy atom. The van der Waals surface area contributed by atoms with E-state index in [1.165, 1.54) is 11.3 Å². The molecule has 2 aromatic rings. The van der Waals surface area contributed by atoms with E-state index in [4.69, 9.17) is 0 Å². The minimum Gasteiger partial charge on any atom is -0.355 e. The smallest absolute Gasteiger partial charge is 0.261 e. The van der Waals surface area contributed by atoms with Crippen LogP contribution in [-0.2, 0) is 4.79 Å². The van der Waals surface area contributed by atoms with Crippen LogP contribution in [-0.4, -0.2) is 31.3 Å². The summed E-state index contributed by atoms with van der Waals surface area (Å²) in [5, 5.41) is 9.76. The van der Waals surface area contributed by atoms with Crippen LogP contribution in [0.4, 0.5) is 5.69 Å². The van der Waals surface area contributed by atoms with Gasteiger partial charge in [0.2, 0.25) is 5.91 Å². The van der Waals surface area contributed by atoms with Gasteiger partial charge in [0.1, 0.15) is 0 Å². The molecule has 0 unspecified atom stereocenters. The van der Waals surface area contributed by atoms with E-state index >= 15 is 0 Å². The van der Waals surface area contributed by atoms with Crippen LogP contribution in [0.3, 0.4) is 0 Å². The number of thiophene rings is 1. The van der Waals surface area contributed by atoms with Crippen molar-refractivity contribution in [1.82, 2.24) is 10.6 Å². The number of carbonyl (C=O) groups is 3. The summed E-state index contributed by atoms with van der Waals surface area (Å²) in [5.74, 6) is -0.564. The maximum Gasteiger partial charge on any atom is 0.261 e. The topological polar surface area (TPSA) is 87.3 Å². The summed E-state index contributed by atoms with van der Waals surface area (Å²) in [6.07, 6.45) is 0.175. The van der Waals surface area contributed by atoms with E-state index in [-0.39, 0.29) is 30.7 Å². The second kappa shape index (κ2) is 8.09. The standard InChI is InChI=1S/C16H17N3O3S/c1-17-15(21)11-4-6-12(7-5-11)19-14(20)8-9-18-16(22)13-3-2-10-23-13/h2-7,10H,8-9H2,1H3,(H,17,21)(H,18,22)(H,19,20). The van der Waals surface area contributed by atoms with Gasteiger partial charge in [-0.2, -0.15) is 0 Å². The lowest BCUT2D eigenvalue weighted by Gasteiger charge is -2.07. The summed E-state index contributed by atoms with van der Waals surface area (Å²) in [7, 11) is 1.56. The number of benzene rings is 1. The van der Waals surface area contributed by atoms with Crippen LogP contribution in [0, 0.1) is 0 Å². The molecule has 0 radical (unpaired) electrons. The second-order valence-electron chi connectivity index (χ2n) is 4.69. The molecule has 120 valence electrons. The highest BCUT2D eigenvalue weighted by Gasteiger charge is 2.08. The van der Waals surface area contributed by atoms with E-state index in [1.54, 1.807) is 43.4 Å². The monoisotopic (exact) mass is 331 g/mol. The van der Waals surface area contributed by atoms with E-state index in [9.17, 15) is 14.4 Å². The molecule has 23 heavy (non-hydrogen) atoms. The molecule has 1 aromatic carbocycles. The van der Waals surface area contributed by atoms with Crippen molar-refractivity contribution in [3.63, 3.8) is 0 Å². The molecule has 0 saturated heterocycles. The summed E-state index contributed by atoms with van der Waals surface area (Å²) in [5.41, 5.74) is 1.13. The molecule has 2 rings (SSSR count). The van der Waals surface area contributed by atoms with E-state index in [2.05, 4.69) is 16.0 Å². The van der Waals surface area contributed by atoms with E-state index in [0.717, 1.165) is 0 Å². The number of nitrogens with one attached hydrogen (secondary N) is 3. The molecule has 0 spiro atoms. The van der Waals surface area contributed by atoms with Gasteiger partial charge in [0.05, 0.1) is 4.88 Å². The minimum absolute atomic E-state index is 0.175. The molecule has 3 amide bonds. The van der Waals surface area contributed by atoms with Crippen molar-refractivity contribution < 1.29 is 14.4 Å². The molecule has 1 aromatic heterocycles. The van der Waals surface area contributed by atoms with Crippen LogP contribution < -0.4 is 16.0 Å². The second-order valence-corrected chi connectivity index (χ2v) is 5.64. The molecule has 0 aliphatic heterocycles. The summed E-state index contributed by atoms with van der Waals surface area (Å²) >= 11 is 1.35. The molecule has 0 fully saturated rings. The molecule has 0 saturated carbocycles. The van der Waals surface area contributed by atoms with Gasteiger partial charge in [0.15, 0.2) is 0 Å². The average molecular weight is 331 g/mol. The van der Waals surface area contributed by atoms with Gasteiger partial charge in [-0.25, -0.2) is 0 Å².